The lowest BCUT2D eigenvalue weighted by Crippen LogP contribution is -2.31. The molecule has 2 nitrogen and oxygen atoms in total. The molecule has 0 saturated heterocycles. The molecule has 0 aliphatic rings. The third kappa shape index (κ3) is 6.31. The summed E-state index contributed by atoms with van der Waals surface area (Å²) < 4.78 is 5.18. The first kappa shape index (κ1) is 15.6. The van der Waals surface area contributed by atoms with Crippen molar-refractivity contribution >= 4 is 0 Å². The molecule has 1 aromatic rings. The summed E-state index contributed by atoms with van der Waals surface area (Å²) in [5.74, 6) is 7.03. The molecule has 0 heterocycles. The summed E-state index contributed by atoms with van der Waals surface area (Å²) >= 11 is 0. The third-order valence-electron chi connectivity index (χ3n) is 3.12. The van der Waals surface area contributed by atoms with Crippen LogP contribution in [0.25, 0.3) is 0 Å². The number of hydrogen-bond acceptors (Lipinski definition) is 2. The molecule has 0 fully saturated rings. The van der Waals surface area contributed by atoms with Crippen LogP contribution in [0.4, 0.5) is 0 Å². The third-order valence-corrected chi connectivity index (χ3v) is 3.12. The smallest absolute Gasteiger partial charge is 0.118 e. The van der Waals surface area contributed by atoms with Gasteiger partial charge in [-0.05, 0) is 50.4 Å². The van der Waals surface area contributed by atoms with Crippen molar-refractivity contribution in [3.05, 3.63) is 29.8 Å². The van der Waals surface area contributed by atoms with Crippen molar-refractivity contribution in [1.29, 1.82) is 0 Å². The van der Waals surface area contributed by atoms with Crippen LogP contribution in [0.3, 0.4) is 0 Å². The molecule has 0 radical (unpaired) electrons. The predicted molar refractivity (Wildman–Crippen MR) is 81.5 cm³/mol. The van der Waals surface area contributed by atoms with Crippen molar-refractivity contribution in [2.24, 2.45) is 0 Å². The lowest BCUT2D eigenvalue weighted by atomic mass is 10.0. The molecular formula is C17H25NO. The van der Waals surface area contributed by atoms with Crippen LogP contribution in [0.1, 0.15) is 38.7 Å². The van der Waals surface area contributed by atoms with Gasteiger partial charge in [-0.2, -0.15) is 0 Å². The van der Waals surface area contributed by atoms with Crippen molar-refractivity contribution in [1.82, 2.24) is 5.32 Å². The number of nitrogens with one attached hydrogen (secondary N) is 1. The lowest BCUT2D eigenvalue weighted by Gasteiger charge is -2.17. The molecule has 104 valence electrons. The Hall–Kier alpha value is -1.46. The molecule has 0 saturated carbocycles. The molecule has 1 N–H and O–H groups in total. The van der Waals surface area contributed by atoms with Gasteiger partial charge >= 0.3 is 0 Å². The van der Waals surface area contributed by atoms with Gasteiger partial charge < -0.3 is 10.1 Å². The van der Waals surface area contributed by atoms with E-state index in [4.69, 9.17) is 4.74 Å². The largest absolute Gasteiger partial charge is 0.497 e. The van der Waals surface area contributed by atoms with Gasteiger partial charge in [-0.1, -0.05) is 19.1 Å². The van der Waals surface area contributed by atoms with Gasteiger partial charge in [0, 0.05) is 12.5 Å². The summed E-state index contributed by atoms with van der Waals surface area (Å²) in [6, 6.07) is 8.85. The van der Waals surface area contributed by atoms with E-state index in [1.165, 1.54) is 12.0 Å². The number of ether oxygens (including phenoxy) is 1. The Morgan fingerprint density at radius 2 is 2.00 bits per heavy atom. The van der Waals surface area contributed by atoms with Gasteiger partial charge in [0.15, 0.2) is 0 Å². The van der Waals surface area contributed by atoms with E-state index < -0.39 is 0 Å². The summed E-state index contributed by atoms with van der Waals surface area (Å²) in [7, 11) is 1.70. The van der Waals surface area contributed by atoms with Gasteiger partial charge in [-0.25, -0.2) is 0 Å². The van der Waals surface area contributed by atoms with Crippen LogP contribution >= 0.6 is 0 Å². The maximum atomic E-state index is 5.18. The summed E-state index contributed by atoms with van der Waals surface area (Å²) in [5.41, 5.74) is 1.35. The molecule has 0 amide bonds. The monoisotopic (exact) mass is 259 g/mol. The molecular weight excluding hydrogens is 234 g/mol. The molecule has 0 spiro atoms. The van der Waals surface area contributed by atoms with E-state index in [1.807, 2.05) is 19.1 Å². The molecule has 2 heteroatoms. The van der Waals surface area contributed by atoms with E-state index in [2.05, 4.69) is 36.2 Å². The van der Waals surface area contributed by atoms with Crippen LogP contribution in [0.5, 0.6) is 5.75 Å². The second-order valence-electron chi connectivity index (χ2n) is 4.67. The van der Waals surface area contributed by atoms with Crippen LogP contribution in [-0.2, 0) is 6.42 Å². The van der Waals surface area contributed by atoms with Crippen LogP contribution in [0, 0.1) is 11.8 Å². The molecule has 19 heavy (non-hydrogen) atoms. The Balaban J connectivity index is 2.54. The fourth-order valence-electron chi connectivity index (χ4n) is 2.04. The highest BCUT2D eigenvalue weighted by Gasteiger charge is 2.08. The molecule has 1 aromatic carbocycles. The normalized spacial score (nSPS) is 11.5. The van der Waals surface area contributed by atoms with Gasteiger partial charge in [-0.3, -0.25) is 0 Å². The minimum Gasteiger partial charge on any atom is -0.497 e. The maximum Gasteiger partial charge on any atom is 0.118 e. The van der Waals surface area contributed by atoms with E-state index in [0.29, 0.717) is 6.04 Å². The van der Waals surface area contributed by atoms with E-state index in [-0.39, 0.29) is 0 Å². The first-order valence-electron chi connectivity index (χ1n) is 7.06. The second kappa shape index (κ2) is 9.47. The van der Waals surface area contributed by atoms with Crippen LogP contribution in [-0.4, -0.2) is 19.7 Å². The highest BCUT2D eigenvalue weighted by Crippen LogP contribution is 2.14. The quantitative estimate of drug-likeness (QED) is 0.722. The van der Waals surface area contributed by atoms with Crippen molar-refractivity contribution in [3.63, 3.8) is 0 Å². The topological polar surface area (TPSA) is 21.3 Å². The Labute approximate surface area is 117 Å². The van der Waals surface area contributed by atoms with Crippen molar-refractivity contribution in [2.45, 2.75) is 45.6 Å². The lowest BCUT2D eigenvalue weighted by molar-refractivity contribution is 0.414. The Kier molecular flexibility index (Phi) is 7.77. The molecule has 0 aromatic heterocycles. The van der Waals surface area contributed by atoms with Gasteiger partial charge in [-0.15, -0.1) is 11.8 Å². The van der Waals surface area contributed by atoms with Crippen molar-refractivity contribution in [2.75, 3.05) is 13.7 Å². The van der Waals surface area contributed by atoms with Crippen LogP contribution < -0.4 is 10.1 Å². The highest BCUT2D eigenvalue weighted by atomic mass is 16.5. The van der Waals surface area contributed by atoms with Crippen molar-refractivity contribution in [3.8, 4) is 17.6 Å². The van der Waals surface area contributed by atoms with Crippen molar-refractivity contribution < 1.29 is 4.74 Å². The number of methoxy groups -OCH3 is 1. The minimum atomic E-state index is 0.509. The predicted octanol–water partition coefficient (Wildman–Crippen LogP) is 3.41. The summed E-state index contributed by atoms with van der Waals surface area (Å²) in [6.45, 7) is 5.17. The van der Waals surface area contributed by atoms with Gasteiger partial charge in [0.2, 0.25) is 0 Å². The van der Waals surface area contributed by atoms with Gasteiger partial charge in [0.1, 0.15) is 5.75 Å². The molecule has 0 aliphatic heterocycles. The van der Waals surface area contributed by atoms with Gasteiger partial charge in [0.25, 0.3) is 0 Å². The number of benzene rings is 1. The maximum absolute atomic E-state index is 5.18. The van der Waals surface area contributed by atoms with Gasteiger partial charge in [0.05, 0.1) is 7.11 Å². The SMILES string of the molecule is CC#CCCC(Cc1ccc(OC)cc1)NCCC. The second-order valence-corrected chi connectivity index (χ2v) is 4.67. The first-order valence-corrected chi connectivity index (χ1v) is 7.06. The Morgan fingerprint density at radius 3 is 2.58 bits per heavy atom. The minimum absolute atomic E-state index is 0.509. The average molecular weight is 259 g/mol. The fourth-order valence-corrected chi connectivity index (χ4v) is 2.04. The number of hydrogen-bond donors (Lipinski definition) is 1. The van der Waals surface area contributed by atoms with E-state index >= 15 is 0 Å². The molecule has 0 bridgehead atoms. The molecule has 0 aliphatic carbocycles. The van der Waals surface area contributed by atoms with E-state index in [0.717, 1.165) is 31.6 Å². The Bertz CT molecular complexity index is 400. The molecule has 1 atom stereocenters. The zero-order valence-corrected chi connectivity index (χ0v) is 12.3. The standard InChI is InChI=1S/C17H25NO/c1-4-6-7-8-16(18-13-5-2)14-15-9-11-17(19-3)12-10-15/h9-12,16,18H,5,7-8,13-14H2,1-3H3. The molecule has 1 rings (SSSR count). The average Bonchev–Trinajstić information content (AvgIpc) is 2.45. The highest BCUT2D eigenvalue weighted by molar-refractivity contribution is 5.27. The van der Waals surface area contributed by atoms with E-state index in [9.17, 15) is 0 Å². The van der Waals surface area contributed by atoms with Crippen LogP contribution in [0.2, 0.25) is 0 Å². The van der Waals surface area contributed by atoms with Crippen LogP contribution in [0.15, 0.2) is 24.3 Å². The summed E-state index contributed by atoms with van der Waals surface area (Å²) in [4.78, 5) is 0. The Morgan fingerprint density at radius 1 is 1.26 bits per heavy atom. The van der Waals surface area contributed by atoms with E-state index in [1.54, 1.807) is 7.11 Å². The first-order chi connectivity index (χ1) is 9.30. The summed E-state index contributed by atoms with van der Waals surface area (Å²) in [5, 5.41) is 3.61. The zero-order chi connectivity index (χ0) is 13.9. The zero-order valence-electron chi connectivity index (χ0n) is 12.3. The molecule has 1 unspecified atom stereocenters. The fraction of sp³-hybridized carbons (Fsp3) is 0.529. The number of rotatable bonds is 8. The summed E-state index contributed by atoms with van der Waals surface area (Å²) in [6.07, 6.45) is 4.29.